The van der Waals surface area contributed by atoms with Crippen molar-refractivity contribution in [1.29, 1.82) is 0 Å². The van der Waals surface area contributed by atoms with E-state index >= 15 is 0 Å². The summed E-state index contributed by atoms with van der Waals surface area (Å²) in [4.78, 5) is 27.4. The number of alkyl halides is 3. The molecule has 2 bridgehead atoms. The number of hydrogen-bond donors (Lipinski definition) is 2. The smallest absolute Gasteiger partial charge is 0.437 e. The molecule has 1 heterocycles. The van der Waals surface area contributed by atoms with Crippen molar-refractivity contribution < 1.29 is 36.8 Å². The highest BCUT2D eigenvalue weighted by Gasteiger charge is 2.93. The number of fused-ring (bicyclic) bond motifs is 2. The maximum absolute atomic E-state index is 14.7. The molecule has 10 heteroatoms. The van der Waals surface area contributed by atoms with Crippen LogP contribution >= 0.6 is 0 Å². The van der Waals surface area contributed by atoms with Crippen molar-refractivity contribution in [3.05, 3.63) is 77.9 Å². The first-order chi connectivity index (χ1) is 17.8. The summed E-state index contributed by atoms with van der Waals surface area (Å²) >= 11 is 0. The van der Waals surface area contributed by atoms with Gasteiger partial charge in [0.15, 0.2) is 0 Å². The number of halogens is 3. The van der Waals surface area contributed by atoms with Gasteiger partial charge in [0.1, 0.15) is 11.1 Å². The van der Waals surface area contributed by atoms with E-state index in [1.54, 1.807) is 48.5 Å². The molecule has 2 saturated carbocycles. The van der Waals surface area contributed by atoms with Crippen molar-refractivity contribution in [2.75, 3.05) is 5.75 Å². The van der Waals surface area contributed by atoms with E-state index in [4.69, 9.17) is 4.74 Å². The summed E-state index contributed by atoms with van der Waals surface area (Å²) in [5.74, 6) is -4.00. The predicted octanol–water partition coefficient (Wildman–Crippen LogP) is 3.98. The number of ketones is 1. The third-order valence-corrected chi connectivity index (χ3v) is 10.9. The zero-order valence-corrected chi connectivity index (χ0v) is 21.5. The summed E-state index contributed by atoms with van der Waals surface area (Å²) < 4.78 is 63.5. The van der Waals surface area contributed by atoms with Crippen LogP contribution in [0.4, 0.5) is 13.2 Å². The second-order valence-corrected chi connectivity index (χ2v) is 12.4. The lowest BCUT2D eigenvalue weighted by atomic mass is 9.54. The Bertz CT molecular complexity index is 1410. The van der Waals surface area contributed by atoms with Gasteiger partial charge < -0.3 is 9.84 Å². The van der Waals surface area contributed by atoms with Gasteiger partial charge in [-0.1, -0.05) is 74.5 Å². The molecule has 2 aromatic carbocycles. The molecule has 2 aromatic rings. The molecular weight excluding hydrogens is 519 g/mol. The number of esters is 1. The minimum Gasteiger partial charge on any atom is -0.437 e. The van der Waals surface area contributed by atoms with Gasteiger partial charge in [0.05, 0.1) is 11.0 Å². The second-order valence-electron chi connectivity index (χ2n) is 11.2. The standard InChI is InChI=1S/C28H26F3NO5S/c1-23(2)20-13-14-24(23)16-38(36)32-28(24)25(20,35)15-19(17-9-5-3-6-10-17)26(28,37-22(34)27(29,30)31)21(33)18-11-7-4-8-12-18/h3-12,15,20,32,35H,13-14,16H2,1-2H3/t20-,24-,25+,26?,28-,38?/m0/s1. The van der Waals surface area contributed by atoms with Crippen molar-refractivity contribution in [1.82, 2.24) is 4.72 Å². The van der Waals surface area contributed by atoms with Gasteiger partial charge in [-0.3, -0.25) is 4.79 Å². The lowest BCUT2D eigenvalue weighted by Gasteiger charge is -2.55. The number of hydrogen-bond acceptors (Lipinski definition) is 5. The van der Waals surface area contributed by atoms with Gasteiger partial charge >= 0.3 is 12.1 Å². The Balaban J connectivity index is 1.75. The summed E-state index contributed by atoms with van der Waals surface area (Å²) in [5, 5.41) is 12.6. The van der Waals surface area contributed by atoms with E-state index in [-0.39, 0.29) is 16.9 Å². The first-order valence-corrected chi connectivity index (χ1v) is 13.7. The Hall–Kier alpha value is -2.82. The minimum atomic E-state index is -5.43. The average Bonchev–Trinajstić information content (AvgIpc) is 3.46. The SMILES string of the molecule is CC1(C)[C@@H]2CC[C@]13CS(=O)N[C@@]31C(OC(=O)C(F)(F)F)(C(=O)c3ccccc3)C(c3ccccc3)=C[C@@]21O. The molecule has 3 fully saturated rings. The van der Waals surface area contributed by atoms with E-state index in [1.165, 1.54) is 18.2 Å². The molecule has 1 aliphatic heterocycles. The molecule has 1 saturated heterocycles. The molecule has 4 aliphatic rings. The van der Waals surface area contributed by atoms with Crippen LogP contribution in [0, 0.1) is 16.7 Å². The molecule has 2 unspecified atom stereocenters. The van der Waals surface area contributed by atoms with E-state index in [2.05, 4.69) is 4.72 Å². The molecular formula is C28H26F3NO5S. The van der Waals surface area contributed by atoms with Gasteiger partial charge in [0.2, 0.25) is 11.4 Å². The van der Waals surface area contributed by atoms with Crippen molar-refractivity contribution in [2.45, 2.75) is 49.6 Å². The van der Waals surface area contributed by atoms with Gasteiger partial charge in [-0.2, -0.15) is 13.2 Å². The Morgan fingerprint density at radius 3 is 2.26 bits per heavy atom. The predicted molar refractivity (Wildman–Crippen MR) is 133 cm³/mol. The fraction of sp³-hybridized carbons (Fsp3) is 0.429. The Kier molecular flexibility index (Phi) is 5.12. The molecule has 6 rings (SSSR count). The third kappa shape index (κ3) is 2.68. The van der Waals surface area contributed by atoms with E-state index < -0.39 is 62.4 Å². The van der Waals surface area contributed by atoms with Crippen LogP contribution < -0.4 is 4.72 Å². The van der Waals surface area contributed by atoms with Crippen LogP contribution in [0.3, 0.4) is 0 Å². The van der Waals surface area contributed by atoms with Gasteiger partial charge in [0.25, 0.3) is 0 Å². The molecule has 0 aromatic heterocycles. The summed E-state index contributed by atoms with van der Waals surface area (Å²) in [6.07, 6.45) is -3.14. The van der Waals surface area contributed by atoms with Crippen LogP contribution in [0.2, 0.25) is 0 Å². The maximum Gasteiger partial charge on any atom is 0.490 e. The third-order valence-electron chi connectivity index (χ3n) is 9.65. The summed E-state index contributed by atoms with van der Waals surface area (Å²) in [6.45, 7) is 3.76. The van der Waals surface area contributed by atoms with Crippen LogP contribution in [0.15, 0.2) is 66.7 Å². The van der Waals surface area contributed by atoms with E-state index in [0.717, 1.165) is 0 Å². The highest BCUT2D eigenvalue weighted by molar-refractivity contribution is 7.83. The Labute approximate surface area is 219 Å². The number of carbonyl (C=O) groups excluding carboxylic acids is 2. The zero-order chi connectivity index (χ0) is 27.4. The number of benzene rings is 2. The topological polar surface area (TPSA) is 92.7 Å². The monoisotopic (exact) mass is 545 g/mol. The van der Waals surface area contributed by atoms with Gasteiger partial charge in [-0.15, -0.1) is 0 Å². The van der Waals surface area contributed by atoms with Crippen LogP contribution in [0.25, 0.3) is 5.57 Å². The number of nitrogens with one attached hydrogen (secondary N) is 1. The molecule has 6 atom stereocenters. The van der Waals surface area contributed by atoms with Crippen LogP contribution in [-0.2, 0) is 20.5 Å². The molecule has 38 heavy (non-hydrogen) atoms. The highest BCUT2D eigenvalue weighted by atomic mass is 32.2. The quantitative estimate of drug-likeness (QED) is 0.448. The molecule has 0 amide bonds. The molecule has 6 nitrogen and oxygen atoms in total. The van der Waals surface area contributed by atoms with Crippen LogP contribution in [-0.4, -0.2) is 49.7 Å². The molecule has 2 N–H and O–H groups in total. The van der Waals surface area contributed by atoms with Gasteiger partial charge in [-0.05, 0) is 35.8 Å². The molecule has 3 aliphatic carbocycles. The van der Waals surface area contributed by atoms with Gasteiger partial charge in [-0.25, -0.2) is 13.7 Å². The van der Waals surface area contributed by atoms with Crippen LogP contribution in [0.1, 0.15) is 42.6 Å². The largest absolute Gasteiger partial charge is 0.490 e. The average molecular weight is 546 g/mol. The maximum atomic E-state index is 14.7. The molecule has 0 radical (unpaired) electrons. The van der Waals surface area contributed by atoms with Crippen LogP contribution in [0.5, 0.6) is 0 Å². The zero-order valence-electron chi connectivity index (χ0n) is 20.7. The number of ether oxygens (including phenoxy) is 1. The van der Waals surface area contributed by atoms with E-state index in [9.17, 15) is 32.1 Å². The van der Waals surface area contributed by atoms with E-state index in [0.29, 0.717) is 18.4 Å². The van der Waals surface area contributed by atoms with Crippen molar-refractivity contribution in [3.8, 4) is 0 Å². The summed E-state index contributed by atoms with van der Waals surface area (Å²) in [6, 6.07) is 15.8. The first kappa shape index (κ1) is 25.5. The fourth-order valence-electron chi connectivity index (χ4n) is 8.26. The summed E-state index contributed by atoms with van der Waals surface area (Å²) in [7, 11) is -1.83. The number of rotatable bonds is 4. The number of Topliss-reactive ketones (excluding diaryl/α,β-unsaturated/α-hetero) is 1. The lowest BCUT2D eigenvalue weighted by molar-refractivity contribution is -0.217. The second kappa shape index (κ2) is 7.64. The fourth-order valence-corrected chi connectivity index (χ4v) is 10.4. The normalized spacial score (nSPS) is 38.4. The van der Waals surface area contributed by atoms with Gasteiger partial charge in [0, 0.05) is 22.3 Å². The van der Waals surface area contributed by atoms with Crippen molar-refractivity contribution >= 4 is 28.3 Å². The Morgan fingerprint density at radius 2 is 1.66 bits per heavy atom. The minimum absolute atomic E-state index is 0.00172. The van der Waals surface area contributed by atoms with Crippen molar-refractivity contribution in [2.24, 2.45) is 16.7 Å². The lowest BCUT2D eigenvalue weighted by Crippen LogP contribution is -2.77. The molecule has 200 valence electrons. The summed E-state index contributed by atoms with van der Waals surface area (Å²) in [5.41, 5.74) is -8.25. The van der Waals surface area contributed by atoms with Crippen molar-refractivity contribution in [3.63, 3.8) is 0 Å². The van der Waals surface area contributed by atoms with E-state index in [1.807, 2.05) is 13.8 Å². The number of aliphatic hydroxyl groups is 1. The molecule has 2 spiro atoms. The first-order valence-electron chi connectivity index (χ1n) is 12.4. The Morgan fingerprint density at radius 1 is 1.05 bits per heavy atom. The number of carbonyl (C=O) groups is 2. The highest BCUT2D eigenvalue weighted by Crippen LogP contribution is 2.81.